The van der Waals surface area contributed by atoms with Gasteiger partial charge >= 0.3 is 0 Å². The summed E-state index contributed by atoms with van der Waals surface area (Å²) >= 11 is 0. The number of nitrogens with one attached hydrogen (secondary N) is 1. The fraction of sp³-hybridized carbons (Fsp3) is 0.882. The summed E-state index contributed by atoms with van der Waals surface area (Å²) in [6.45, 7) is 6.00. The maximum Gasteiger partial charge on any atom is 0.234 e. The first-order chi connectivity index (χ1) is 11.7. The first-order valence-corrected chi connectivity index (χ1v) is 9.19. The van der Waals surface area contributed by atoms with E-state index in [2.05, 4.69) is 10.2 Å². The molecule has 24 heavy (non-hydrogen) atoms. The number of nitrogens with zero attached hydrogens (tertiary/aromatic N) is 2. The van der Waals surface area contributed by atoms with Crippen molar-refractivity contribution in [2.24, 2.45) is 5.92 Å². The van der Waals surface area contributed by atoms with Gasteiger partial charge in [-0.1, -0.05) is 0 Å². The van der Waals surface area contributed by atoms with Crippen molar-refractivity contribution < 1.29 is 19.1 Å². The number of amides is 2. The highest BCUT2D eigenvalue weighted by molar-refractivity contribution is 5.80. The molecular formula is C17H29N3O4. The number of morpholine rings is 1. The summed E-state index contributed by atoms with van der Waals surface area (Å²) in [5, 5.41) is 2.96. The quantitative estimate of drug-likeness (QED) is 0.754. The Morgan fingerprint density at radius 2 is 1.88 bits per heavy atom. The average molecular weight is 339 g/mol. The standard InChI is InChI=1S/C17H29N3O4/c21-16(18-11-15-4-2-8-24-15)13-19-5-1-3-14(12-19)17(22)20-6-9-23-10-7-20/h14-15H,1-13H2,(H,18,21). The summed E-state index contributed by atoms with van der Waals surface area (Å²) in [6.07, 6.45) is 4.17. The third-order valence-corrected chi connectivity index (χ3v) is 5.10. The molecule has 0 aromatic carbocycles. The molecule has 3 aliphatic rings. The Morgan fingerprint density at radius 1 is 1.04 bits per heavy atom. The van der Waals surface area contributed by atoms with E-state index in [9.17, 15) is 9.59 Å². The Bertz CT molecular complexity index is 434. The minimum absolute atomic E-state index is 0.0165. The van der Waals surface area contributed by atoms with Crippen molar-refractivity contribution in [2.75, 3.05) is 59.1 Å². The maximum absolute atomic E-state index is 12.6. The number of likely N-dealkylation sites (tertiary alicyclic amines) is 1. The van der Waals surface area contributed by atoms with Crippen LogP contribution in [0.4, 0.5) is 0 Å². The van der Waals surface area contributed by atoms with Crippen LogP contribution in [0.15, 0.2) is 0 Å². The second kappa shape index (κ2) is 8.78. The molecule has 2 amide bonds. The van der Waals surface area contributed by atoms with Crippen LogP contribution in [0.25, 0.3) is 0 Å². The van der Waals surface area contributed by atoms with Gasteiger partial charge in [-0.25, -0.2) is 0 Å². The molecule has 7 heteroatoms. The van der Waals surface area contributed by atoms with Crippen LogP contribution in [0.3, 0.4) is 0 Å². The number of hydrogen-bond acceptors (Lipinski definition) is 5. The third kappa shape index (κ3) is 4.91. The van der Waals surface area contributed by atoms with Gasteiger partial charge in [0.2, 0.25) is 11.8 Å². The second-order valence-corrected chi connectivity index (χ2v) is 6.95. The van der Waals surface area contributed by atoms with Gasteiger partial charge in [0, 0.05) is 32.8 Å². The molecular weight excluding hydrogens is 310 g/mol. The lowest BCUT2D eigenvalue weighted by Crippen LogP contribution is -2.50. The monoisotopic (exact) mass is 339 g/mol. The van der Waals surface area contributed by atoms with Crippen LogP contribution in [0, 0.1) is 5.92 Å². The van der Waals surface area contributed by atoms with Crippen LogP contribution in [0.2, 0.25) is 0 Å². The Kier molecular flexibility index (Phi) is 6.45. The number of piperidine rings is 1. The van der Waals surface area contributed by atoms with Crippen molar-refractivity contribution in [3.63, 3.8) is 0 Å². The SMILES string of the molecule is O=C(CN1CCCC(C(=O)N2CCOCC2)C1)NCC1CCCO1. The smallest absolute Gasteiger partial charge is 0.234 e. The predicted molar refractivity (Wildman–Crippen MR) is 88.5 cm³/mol. The van der Waals surface area contributed by atoms with E-state index in [1.54, 1.807) is 0 Å². The minimum Gasteiger partial charge on any atom is -0.378 e. The van der Waals surface area contributed by atoms with Crippen LogP contribution in [0.1, 0.15) is 25.7 Å². The molecule has 0 saturated carbocycles. The summed E-state index contributed by atoms with van der Waals surface area (Å²) in [5.41, 5.74) is 0. The van der Waals surface area contributed by atoms with E-state index < -0.39 is 0 Å². The minimum atomic E-state index is 0.0165. The molecule has 0 bridgehead atoms. The van der Waals surface area contributed by atoms with Crippen molar-refractivity contribution >= 4 is 11.8 Å². The van der Waals surface area contributed by atoms with Crippen LogP contribution in [-0.2, 0) is 19.1 Å². The Balaban J connectivity index is 1.41. The van der Waals surface area contributed by atoms with Crippen LogP contribution in [-0.4, -0.2) is 86.8 Å². The predicted octanol–water partition coefficient (Wildman–Crippen LogP) is -0.148. The van der Waals surface area contributed by atoms with Gasteiger partial charge in [-0.2, -0.15) is 0 Å². The van der Waals surface area contributed by atoms with E-state index in [0.717, 1.165) is 38.8 Å². The summed E-state index contributed by atoms with van der Waals surface area (Å²) in [5.74, 6) is 0.274. The van der Waals surface area contributed by atoms with Gasteiger partial charge in [-0.15, -0.1) is 0 Å². The molecule has 0 radical (unpaired) electrons. The molecule has 2 atom stereocenters. The van der Waals surface area contributed by atoms with Crippen molar-refractivity contribution in [2.45, 2.75) is 31.8 Å². The number of carbonyl (C=O) groups excluding carboxylic acids is 2. The fourth-order valence-corrected chi connectivity index (χ4v) is 3.73. The van der Waals surface area contributed by atoms with Crippen LogP contribution < -0.4 is 5.32 Å². The van der Waals surface area contributed by atoms with E-state index in [0.29, 0.717) is 45.9 Å². The van der Waals surface area contributed by atoms with E-state index in [4.69, 9.17) is 9.47 Å². The first-order valence-electron chi connectivity index (χ1n) is 9.19. The molecule has 0 spiro atoms. The van der Waals surface area contributed by atoms with Gasteiger partial charge in [0.15, 0.2) is 0 Å². The molecule has 3 aliphatic heterocycles. The van der Waals surface area contributed by atoms with Crippen LogP contribution in [0.5, 0.6) is 0 Å². The van der Waals surface area contributed by atoms with Crippen molar-refractivity contribution in [3.8, 4) is 0 Å². The van der Waals surface area contributed by atoms with E-state index in [1.807, 2.05) is 4.90 Å². The summed E-state index contributed by atoms with van der Waals surface area (Å²) in [4.78, 5) is 28.8. The third-order valence-electron chi connectivity index (χ3n) is 5.10. The van der Waals surface area contributed by atoms with Crippen LogP contribution >= 0.6 is 0 Å². The highest BCUT2D eigenvalue weighted by Crippen LogP contribution is 2.19. The maximum atomic E-state index is 12.6. The van der Waals surface area contributed by atoms with Gasteiger partial charge in [0.1, 0.15) is 0 Å². The number of ether oxygens (including phenoxy) is 2. The molecule has 7 nitrogen and oxygen atoms in total. The summed E-state index contributed by atoms with van der Waals surface area (Å²) < 4.78 is 10.8. The van der Waals surface area contributed by atoms with Gasteiger partial charge in [-0.05, 0) is 32.2 Å². The Morgan fingerprint density at radius 3 is 2.62 bits per heavy atom. The number of carbonyl (C=O) groups is 2. The molecule has 3 rings (SSSR count). The van der Waals surface area contributed by atoms with Crippen molar-refractivity contribution in [3.05, 3.63) is 0 Å². The largest absolute Gasteiger partial charge is 0.378 e. The lowest BCUT2D eigenvalue weighted by Gasteiger charge is -2.35. The highest BCUT2D eigenvalue weighted by atomic mass is 16.5. The number of rotatable bonds is 5. The Labute approximate surface area is 143 Å². The molecule has 136 valence electrons. The summed E-state index contributed by atoms with van der Waals surface area (Å²) in [6, 6.07) is 0. The van der Waals surface area contributed by atoms with Gasteiger partial charge in [-0.3, -0.25) is 14.5 Å². The first kappa shape index (κ1) is 17.6. The Hall–Kier alpha value is -1.18. The molecule has 3 saturated heterocycles. The van der Waals surface area contributed by atoms with Crippen molar-refractivity contribution in [1.82, 2.24) is 15.1 Å². The highest BCUT2D eigenvalue weighted by Gasteiger charge is 2.30. The second-order valence-electron chi connectivity index (χ2n) is 6.95. The number of hydrogen-bond donors (Lipinski definition) is 1. The topological polar surface area (TPSA) is 71.1 Å². The van der Waals surface area contributed by atoms with Crippen molar-refractivity contribution in [1.29, 1.82) is 0 Å². The lowest BCUT2D eigenvalue weighted by atomic mass is 9.96. The van der Waals surface area contributed by atoms with Gasteiger partial charge < -0.3 is 19.7 Å². The molecule has 1 N–H and O–H groups in total. The fourth-order valence-electron chi connectivity index (χ4n) is 3.73. The van der Waals surface area contributed by atoms with E-state index >= 15 is 0 Å². The van der Waals surface area contributed by atoms with Gasteiger partial charge in [0.05, 0.1) is 31.8 Å². The molecule has 2 unspecified atom stereocenters. The zero-order valence-electron chi connectivity index (χ0n) is 14.4. The average Bonchev–Trinajstić information content (AvgIpc) is 3.14. The lowest BCUT2D eigenvalue weighted by molar-refractivity contribution is -0.142. The molecule has 0 aromatic rings. The zero-order valence-corrected chi connectivity index (χ0v) is 14.4. The normalized spacial score (nSPS) is 28.8. The van der Waals surface area contributed by atoms with E-state index in [-0.39, 0.29) is 23.8 Å². The van der Waals surface area contributed by atoms with Gasteiger partial charge in [0.25, 0.3) is 0 Å². The zero-order chi connectivity index (χ0) is 16.8. The molecule has 3 heterocycles. The molecule has 0 aliphatic carbocycles. The summed E-state index contributed by atoms with van der Waals surface area (Å²) in [7, 11) is 0. The van der Waals surface area contributed by atoms with E-state index in [1.165, 1.54) is 0 Å². The molecule has 3 fully saturated rings. The molecule has 0 aromatic heterocycles.